The number of pyridine rings is 1. The maximum Gasteiger partial charge on any atom is 0.433 e. The normalized spacial score (nSPS) is 13.9. The molecule has 118 valence electrons. The molecule has 0 aliphatic heterocycles. The quantitative estimate of drug-likeness (QED) is 0.877. The third kappa shape index (κ3) is 3.42. The molecule has 2 rings (SSSR count). The highest BCUT2D eigenvalue weighted by Crippen LogP contribution is 2.32. The second-order valence-electron chi connectivity index (χ2n) is 4.47. The molecule has 1 aromatic heterocycles. The van der Waals surface area contributed by atoms with Gasteiger partial charge in [-0.3, -0.25) is 4.98 Å². The minimum absolute atomic E-state index is 0.152. The highest BCUT2D eigenvalue weighted by molar-refractivity contribution is 7.89. The molecule has 4 nitrogen and oxygen atoms in total. The van der Waals surface area contributed by atoms with E-state index in [9.17, 15) is 26.0 Å². The number of benzene rings is 1. The molecule has 1 atom stereocenters. The van der Waals surface area contributed by atoms with Crippen molar-refractivity contribution in [1.29, 1.82) is 0 Å². The fourth-order valence-electron chi connectivity index (χ4n) is 1.96. The van der Waals surface area contributed by atoms with Crippen molar-refractivity contribution in [2.24, 2.45) is 5.14 Å². The second kappa shape index (κ2) is 5.65. The van der Waals surface area contributed by atoms with Crippen molar-refractivity contribution in [2.75, 3.05) is 0 Å². The van der Waals surface area contributed by atoms with E-state index >= 15 is 0 Å². The number of primary sulfonamides is 1. The average molecular weight is 334 g/mol. The minimum Gasteiger partial charge on any atom is -0.251 e. The topological polar surface area (TPSA) is 73.1 Å². The standard InChI is InChI=1S/C13H10F4N2O2S/c14-10-4-2-1-3-9(10)12(22(18,20)21)8-5-6-11(19-7-8)13(15,16)17/h1-7,12H,(H2,18,20,21)/t12-/m1/s1. The van der Waals surface area contributed by atoms with Crippen LogP contribution in [0.2, 0.25) is 0 Å². The van der Waals surface area contributed by atoms with Crippen LogP contribution in [0.5, 0.6) is 0 Å². The van der Waals surface area contributed by atoms with Gasteiger partial charge >= 0.3 is 6.18 Å². The Kier molecular flexibility index (Phi) is 4.21. The van der Waals surface area contributed by atoms with Crippen LogP contribution in [0.1, 0.15) is 22.1 Å². The highest BCUT2D eigenvalue weighted by atomic mass is 32.2. The number of nitrogens with zero attached hydrogens (tertiary/aromatic N) is 1. The summed E-state index contributed by atoms with van der Waals surface area (Å²) in [5.74, 6) is -0.832. The number of nitrogens with two attached hydrogens (primary N) is 1. The first-order valence-corrected chi connectivity index (χ1v) is 7.51. The summed E-state index contributed by atoms with van der Waals surface area (Å²) in [5, 5.41) is 3.46. The van der Waals surface area contributed by atoms with E-state index in [2.05, 4.69) is 4.98 Å². The molecule has 0 saturated carbocycles. The molecule has 1 heterocycles. The fraction of sp³-hybridized carbons (Fsp3) is 0.154. The predicted molar refractivity (Wildman–Crippen MR) is 70.6 cm³/mol. The third-order valence-corrected chi connectivity index (χ3v) is 4.08. The Morgan fingerprint density at radius 3 is 2.18 bits per heavy atom. The van der Waals surface area contributed by atoms with Crippen LogP contribution in [0, 0.1) is 5.82 Å². The van der Waals surface area contributed by atoms with Gasteiger partial charge in [0.15, 0.2) is 0 Å². The van der Waals surface area contributed by atoms with Crippen molar-refractivity contribution in [2.45, 2.75) is 11.4 Å². The summed E-state index contributed by atoms with van der Waals surface area (Å²) in [7, 11) is -4.30. The van der Waals surface area contributed by atoms with E-state index in [1.807, 2.05) is 0 Å². The van der Waals surface area contributed by atoms with Gasteiger partial charge in [0.1, 0.15) is 16.8 Å². The van der Waals surface area contributed by atoms with Gasteiger partial charge in [0.05, 0.1) is 0 Å². The monoisotopic (exact) mass is 334 g/mol. The molecule has 2 aromatic rings. The Morgan fingerprint density at radius 2 is 1.73 bits per heavy atom. The van der Waals surface area contributed by atoms with Crippen LogP contribution in [-0.4, -0.2) is 13.4 Å². The number of rotatable bonds is 3. The van der Waals surface area contributed by atoms with Crippen molar-refractivity contribution in [3.8, 4) is 0 Å². The van der Waals surface area contributed by atoms with Crippen LogP contribution in [0.15, 0.2) is 42.6 Å². The lowest BCUT2D eigenvalue weighted by atomic mass is 10.1. The Hall–Kier alpha value is -2.00. The lowest BCUT2D eigenvalue weighted by Gasteiger charge is -2.16. The number of halogens is 4. The molecule has 0 fully saturated rings. The molecule has 0 saturated heterocycles. The summed E-state index contributed by atoms with van der Waals surface area (Å²) in [6, 6.07) is 6.51. The first-order chi connectivity index (χ1) is 10.1. The molecule has 0 aliphatic carbocycles. The zero-order valence-corrected chi connectivity index (χ0v) is 11.7. The third-order valence-electron chi connectivity index (χ3n) is 2.90. The first kappa shape index (κ1) is 16.4. The van der Waals surface area contributed by atoms with Crippen molar-refractivity contribution in [1.82, 2.24) is 4.98 Å². The molecule has 0 radical (unpaired) electrons. The zero-order valence-electron chi connectivity index (χ0n) is 10.9. The molecule has 0 bridgehead atoms. The minimum atomic E-state index is -4.66. The van der Waals surface area contributed by atoms with Crippen molar-refractivity contribution in [3.63, 3.8) is 0 Å². The Labute approximate surface area is 123 Å². The van der Waals surface area contributed by atoms with Gasteiger partial charge in [-0.2, -0.15) is 13.2 Å². The molecule has 1 aromatic carbocycles. The Morgan fingerprint density at radius 1 is 1.09 bits per heavy atom. The van der Waals surface area contributed by atoms with Crippen LogP contribution in [-0.2, 0) is 16.2 Å². The smallest absolute Gasteiger partial charge is 0.251 e. The molecule has 9 heteroatoms. The molecule has 0 aliphatic rings. The van der Waals surface area contributed by atoms with E-state index in [1.165, 1.54) is 18.2 Å². The van der Waals surface area contributed by atoms with Crippen LogP contribution in [0.4, 0.5) is 17.6 Å². The van der Waals surface area contributed by atoms with E-state index in [0.717, 1.165) is 18.3 Å². The zero-order chi connectivity index (χ0) is 16.5. The second-order valence-corrected chi connectivity index (χ2v) is 6.11. The summed E-state index contributed by atoms with van der Waals surface area (Å²) in [6.45, 7) is 0. The van der Waals surface area contributed by atoms with E-state index in [4.69, 9.17) is 5.14 Å². The van der Waals surface area contributed by atoms with Gasteiger partial charge in [0.25, 0.3) is 0 Å². The lowest BCUT2D eigenvalue weighted by Crippen LogP contribution is -2.24. The van der Waals surface area contributed by atoms with Crippen LogP contribution in [0.3, 0.4) is 0 Å². The van der Waals surface area contributed by atoms with Gasteiger partial charge in [-0.15, -0.1) is 0 Å². The molecular weight excluding hydrogens is 324 g/mol. The van der Waals surface area contributed by atoms with E-state index in [-0.39, 0.29) is 11.1 Å². The van der Waals surface area contributed by atoms with E-state index < -0.39 is 33.0 Å². The Bertz CT molecular complexity index is 773. The molecule has 0 amide bonds. The molecule has 0 unspecified atom stereocenters. The average Bonchev–Trinajstić information content (AvgIpc) is 2.39. The molecular formula is C13H10F4N2O2S. The Balaban J connectivity index is 2.55. The van der Waals surface area contributed by atoms with Gasteiger partial charge in [-0.1, -0.05) is 24.3 Å². The predicted octanol–water partition coefficient (Wildman–Crippen LogP) is 2.62. The summed E-state index contributed by atoms with van der Waals surface area (Å²) >= 11 is 0. The van der Waals surface area contributed by atoms with Gasteiger partial charge in [0.2, 0.25) is 10.0 Å². The van der Waals surface area contributed by atoms with Crippen LogP contribution >= 0.6 is 0 Å². The van der Waals surface area contributed by atoms with Crippen molar-refractivity contribution < 1.29 is 26.0 Å². The summed E-state index contributed by atoms with van der Waals surface area (Å²) in [4.78, 5) is 3.17. The first-order valence-electron chi connectivity index (χ1n) is 5.90. The molecule has 2 N–H and O–H groups in total. The van der Waals surface area contributed by atoms with Crippen molar-refractivity contribution in [3.05, 3.63) is 65.2 Å². The largest absolute Gasteiger partial charge is 0.433 e. The lowest BCUT2D eigenvalue weighted by molar-refractivity contribution is -0.141. The summed E-state index contributed by atoms with van der Waals surface area (Å²) in [6.07, 6.45) is -3.93. The van der Waals surface area contributed by atoms with E-state index in [1.54, 1.807) is 0 Å². The van der Waals surface area contributed by atoms with Crippen molar-refractivity contribution >= 4 is 10.0 Å². The maximum atomic E-state index is 13.8. The van der Waals surface area contributed by atoms with Gasteiger partial charge in [-0.05, 0) is 17.7 Å². The number of hydrogen-bond donors (Lipinski definition) is 1. The molecule has 22 heavy (non-hydrogen) atoms. The number of aromatic nitrogens is 1. The van der Waals surface area contributed by atoms with Crippen LogP contribution < -0.4 is 5.14 Å². The summed E-state index contributed by atoms with van der Waals surface area (Å²) < 4.78 is 74.7. The highest BCUT2D eigenvalue weighted by Gasteiger charge is 2.34. The maximum absolute atomic E-state index is 13.8. The van der Waals surface area contributed by atoms with Gasteiger partial charge in [-0.25, -0.2) is 17.9 Å². The van der Waals surface area contributed by atoms with Gasteiger partial charge in [0, 0.05) is 11.8 Å². The summed E-state index contributed by atoms with van der Waals surface area (Å²) in [5.41, 5.74) is -1.59. The van der Waals surface area contributed by atoms with Crippen LogP contribution in [0.25, 0.3) is 0 Å². The van der Waals surface area contributed by atoms with Gasteiger partial charge < -0.3 is 0 Å². The fourth-order valence-corrected chi connectivity index (χ4v) is 3.03. The number of alkyl halides is 3. The molecule has 0 spiro atoms. The number of sulfonamides is 1. The SMILES string of the molecule is NS(=O)(=O)[C@H](c1ccc(C(F)(F)F)nc1)c1ccccc1F. The van der Waals surface area contributed by atoms with E-state index in [0.29, 0.717) is 6.07 Å². The number of hydrogen-bond acceptors (Lipinski definition) is 3.